The zero-order chi connectivity index (χ0) is 19.3. The molecule has 3 fully saturated rings. The lowest BCUT2D eigenvalue weighted by Crippen LogP contribution is -2.52. The molecule has 5 rings (SSSR count). The largest absolute Gasteiger partial charge is 0.322 e. The van der Waals surface area contributed by atoms with Crippen LogP contribution in [0.1, 0.15) is 47.2 Å². The number of imide groups is 1. The molecule has 1 aliphatic carbocycles. The molecule has 0 aromatic heterocycles. The molecule has 2 unspecified atom stereocenters. The van der Waals surface area contributed by atoms with E-state index in [0.717, 1.165) is 48.8 Å². The molecule has 1 aromatic carbocycles. The lowest BCUT2D eigenvalue weighted by atomic mass is 10.0. The molecule has 3 amide bonds. The number of amides is 3. The van der Waals surface area contributed by atoms with Gasteiger partial charge in [0.1, 0.15) is 6.04 Å². The maximum absolute atomic E-state index is 13.2. The molecule has 2 saturated heterocycles. The lowest BCUT2D eigenvalue weighted by molar-refractivity contribution is -0.136. The van der Waals surface area contributed by atoms with E-state index in [-0.39, 0.29) is 24.1 Å². The summed E-state index contributed by atoms with van der Waals surface area (Å²) < 4.78 is 0. The highest BCUT2D eigenvalue weighted by atomic mass is 16.2. The van der Waals surface area contributed by atoms with Gasteiger partial charge in [-0.2, -0.15) is 0 Å². The topological polar surface area (TPSA) is 81.8 Å². The summed E-state index contributed by atoms with van der Waals surface area (Å²) in [4.78, 5) is 41.1. The van der Waals surface area contributed by atoms with Crippen LogP contribution in [0.15, 0.2) is 18.2 Å². The van der Waals surface area contributed by atoms with Crippen molar-refractivity contribution in [1.29, 1.82) is 0 Å². The van der Waals surface area contributed by atoms with Gasteiger partial charge >= 0.3 is 0 Å². The Morgan fingerprint density at radius 3 is 2.75 bits per heavy atom. The second kappa shape index (κ2) is 6.97. The van der Waals surface area contributed by atoms with E-state index in [1.165, 1.54) is 12.8 Å². The third kappa shape index (κ3) is 3.12. The van der Waals surface area contributed by atoms with Crippen LogP contribution in [0.4, 0.5) is 0 Å². The fourth-order valence-corrected chi connectivity index (χ4v) is 4.95. The second-order valence-electron chi connectivity index (χ2n) is 8.43. The van der Waals surface area contributed by atoms with Gasteiger partial charge in [-0.05, 0) is 36.3 Å². The van der Waals surface area contributed by atoms with Crippen molar-refractivity contribution in [2.75, 3.05) is 19.6 Å². The summed E-state index contributed by atoms with van der Waals surface area (Å²) in [6.45, 7) is 4.23. The second-order valence-corrected chi connectivity index (χ2v) is 8.43. The highest BCUT2D eigenvalue weighted by Gasteiger charge is 2.41. The van der Waals surface area contributed by atoms with Crippen molar-refractivity contribution in [3.8, 4) is 0 Å². The van der Waals surface area contributed by atoms with Crippen molar-refractivity contribution in [2.24, 2.45) is 5.92 Å². The molecule has 0 bridgehead atoms. The zero-order valence-electron chi connectivity index (χ0n) is 15.9. The number of carbonyl (C=O) groups excluding carboxylic acids is 3. The van der Waals surface area contributed by atoms with Crippen LogP contribution < -0.4 is 10.6 Å². The van der Waals surface area contributed by atoms with Crippen molar-refractivity contribution < 1.29 is 14.4 Å². The predicted octanol–water partition coefficient (Wildman–Crippen LogP) is 0.631. The number of piperidine rings is 1. The van der Waals surface area contributed by atoms with Crippen molar-refractivity contribution in [3.63, 3.8) is 0 Å². The minimum atomic E-state index is -0.552. The van der Waals surface area contributed by atoms with E-state index in [1.807, 2.05) is 12.1 Å². The Labute approximate surface area is 164 Å². The van der Waals surface area contributed by atoms with Crippen LogP contribution in [0.25, 0.3) is 0 Å². The molecule has 148 valence electrons. The Morgan fingerprint density at radius 1 is 1.11 bits per heavy atom. The van der Waals surface area contributed by atoms with Crippen LogP contribution in [0, 0.1) is 5.92 Å². The smallest absolute Gasteiger partial charge is 0.255 e. The first-order chi connectivity index (χ1) is 13.6. The van der Waals surface area contributed by atoms with Gasteiger partial charge in [0.15, 0.2) is 0 Å². The van der Waals surface area contributed by atoms with Crippen LogP contribution in [-0.4, -0.2) is 59.2 Å². The first kappa shape index (κ1) is 17.8. The molecule has 7 nitrogen and oxygen atoms in total. The van der Waals surface area contributed by atoms with Crippen molar-refractivity contribution in [3.05, 3.63) is 34.9 Å². The van der Waals surface area contributed by atoms with Crippen molar-refractivity contribution in [2.45, 2.75) is 50.9 Å². The summed E-state index contributed by atoms with van der Waals surface area (Å²) >= 11 is 0. The van der Waals surface area contributed by atoms with Crippen LogP contribution >= 0.6 is 0 Å². The van der Waals surface area contributed by atoms with E-state index in [2.05, 4.69) is 21.6 Å². The average Bonchev–Trinajstić information content (AvgIpc) is 3.47. The van der Waals surface area contributed by atoms with Crippen molar-refractivity contribution >= 4 is 17.7 Å². The quantitative estimate of drug-likeness (QED) is 0.747. The highest BCUT2D eigenvalue weighted by molar-refractivity contribution is 6.05. The normalized spacial score (nSPS) is 28.4. The van der Waals surface area contributed by atoms with Gasteiger partial charge in [-0.3, -0.25) is 24.6 Å². The van der Waals surface area contributed by atoms with Crippen molar-refractivity contribution in [1.82, 2.24) is 20.4 Å². The van der Waals surface area contributed by atoms with Gasteiger partial charge in [-0.1, -0.05) is 18.2 Å². The van der Waals surface area contributed by atoms with Gasteiger partial charge in [0.25, 0.3) is 5.91 Å². The summed E-state index contributed by atoms with van der Waals surface area (Å²) in [5, 5.41) is 5.87. The molecule has 2 atom stereocenters. The van der Waals surface area contributed by atoms with Gasteiger partial charge in [-0.25, -0.2) is 0 Å². The molecule has 3 aliphatic heterocycles. The van der Waals surface area contributed by atoms with Gasteiger partial charge < -0.3 is 10.2 Å². The average molecular weight is 382 g/mol. The third-order valence-corrected chi connectivity index (χ3v) is 6.58. The zero-order valence-corrected chi connectivity index (χ0v) is 15.9. The Morgan fingerprint density at radius 2 is 1.96 bits per heavy atom. The maximum Gasteiger partial charge on any atom is 0.255 e. The number of piperazine rings is 1. The fourth-order valence-electron chi connectivity index (χ4n) is 4.95. The number of rotatable bonds is 4. The summed E-state index contributed by atoms with van der Waals surface area (Å²) in [7, 11) is 0. The number of fused-ring (bicyclic) bond motifs is 1. The maximum atomic E-state index is 13.2. The number of nitrogens with one attached hydrogen (secondary N) is 2. The fraction of sp³-hybridized carbons (Fsp3) is 0.571. The molecule has 0 radical (unpaired) electrons. The first-order valence-corrected chi connectivity index (χ1v) is 10.3. The predicted molar refractivity (Wildman–Crippen MR) is 102 cm³/mol. The van der Waals surface area contributed by atoms with E-state index >= 15 is 0 Å². The van der Waals surface area contributed by atoms with Crippen LogP contribution in [0.5, 0.6) is 0 Å². The van der Waals surface area contributed by atoms with Crippen LogP contribution in [0.2, 0.25) is 0 Å². The minimum Gasteiger partial charge on any atom is -0.322 e. The van der Waals surface area contributed by atoms with E-state index in [0.29, 0.717) is 19.0 Å². The molecule has 4 aliphatic rings. The first-order valence-electron chi connectivity index (χ1n) is 10.3. The Balaban J connectivity index is 1.38. The number of hydrogen-bond donors (Lipinski definition) is 2. The molecule has 0 spiro atoms. The van der Waals surface area contributed by atoms with E-state index in [1.54, 1.807) is 4.90 Å². The third-order valence-electron chi connectivity index (χ3n) is 6.58. The highest BCUT2D eigenvalue weighted by Crippen LogP contribution is 2.37. The van der Waals surface area contributed by atoms with Gasteiger partial charge in [0, 0.05) is 50.7 Å². The monoisotopic (exact) mass is 382 g/mol. The Kier molecular flexibility index (Phi) is 4.44. The standard InChI is InChI=1S/C21H26N4O3/c26-18-7-6-16(20(27)23-18)25-12-15-3-1-2-14(19(15)21(25)28)11-24-9-8-22-10-17(24)13-4-5-13/h1-3,13,16-17,22H,4-12H2,(H,23,26,27). The number of nitrogens with zero attached hydrogens (tertiary/aromatic N) is 2. The van der Waals surface area contributed by atoms with Gasteiger partial charge in [-0.15, -0.1) is 0 Å². The molecule has 1 aromatic rings. The van der Waals surface area contributed by atoms with Gasteiger partial charge in [0.05, 0.1) is 0 Å². The number of benzene rings is 1. The lowest BCUT2D eigenvalue weighted by Gasteiger charge is -2.36. The minimum absolute atomic E-state index is 0.0711. The van der Waals surface area contributed by atoms with Crippen LogP contribution in [-0.2, 0) is 22.7 Å². The molecular formula is C21H26N4O3. The molecule has 28 heavy (non-hydrogen) atoms. The molecular weight excluding hydrogens is 356 g/mol. The number of hydrogen-bond acceptors (Lipinski definition) is 5. The SMILES string of the molecule is O=C1CCC(N2Cc3cccc(CN4CCNCC4C4CC4)c3C2=O)C(=O)N1. The Hall–Kier alpha value is -2.25. The molecule has 1 saturated carbocycles. The summed E-state index contributed by atoms with van der Waals surface area (Å²) in [6.07, 6.45) is 3.30. The Bertz CT molecular complexity index is 835. The van der Waals surface area contributed by atoms with Crippen LogP contribution in [0.3, 0.4) is 0 Å². The van der Waals surface area contributed by atoms with E-state index in [9.17, 15) is 14.4 Å². The molecule has 3 heterocycles. The summed E-state index contributed by atoms with van der Waals surface area (Å²) in [6, 6.07) is 6.05. The summed E-state index contributed by atoms with van der Waals surface area (Å²) in [5.74, 6) is 0.101. The van der Waals surface area contributed by atoms with E-state index < -0.39 is 6.04 Å². The molecule has 2 N–H and O–H groups in total. The summed E-state index contributed by atoms with van der Waals surface area (Å²) in [5.41, 5.74) is 2.82. The number of carbonyl (C=O) groups is 3. The van der Waals surface area contributed by atoms with Gasteiger partial charge in [0.2, 0.25) is 11.8 Å². The molecule has 7 heteroatoms. The van der Waals surface area contributed by atoms with E-state index in [4.69, 9.17) is 0 Å².